The molecule has 1 saturated carbocycles. The highest BCUT2D eigenvalue weighted by Crippen LogP contribution is 2.41. The Bertz CT molecular complexity index is 1620. The van der Waals surface area contributed by atoms with Crippen LogP contribution in [0.3, 0.4) is 0 Å². The Labute approximate surface area is 209 Å². The van der Waals surface area contributed by atoms with Crippen molar-refractivity contribution in [2.75, 3.05) is 25.5 Å². The van der Waals surface area contributed by atoms with Gasteiger partial charge in [0.15, 0.2) is 11.1 Å². The zero-order valence-corrected chi connectivity index (χ0v) is 20.1. The summed E-state index contributed by atoms with van der Waals surface area (Å²) in [6, 6.07) is 4.94. The number of halogens is 2. The van der Waals surface area contributed by atoms with E-state index in [1.807, 2.05) is 0 Å². The van der Waals surface area contributed by atoms with Crippen molar-refractivity contribution >= 4 is 33.6 Å². The van der Waals surface area contributed by atoms with Gasteiger partial charge in [0.25, 0.3) is 5.56 Å². The number of rotatable bonds is 5. The molecule has 37 heavy (non-hydrogen) atoms. The average Bonchev–Trinajstić information content (AvgIpc) is 3.63. The number of pyridine rings is 1. The number of amides is 1. The second kappa shape index (κ2) is 8.93. The summed E-state index contributed by atoms with van der Waals surface area (Å²) in [7, 11) is 0. The molecule has 0 radical (unpaired) electrons. The van der Waals surface area contributed by atoms with Crippen molar-refractivity contribution in [1.82, 2.24) is 20.2 Å². The fourth-order valence-electron chi connectivity index (χ4n) is 4.94. The Kier molecular flexibility index (Phi) is 5.68. The molecule has 1 amide bonds. The molecule has 1 atom stereocenters. The van der Waals surface area contributed by atoms with E-state index < -0.39 is 17.7 Å². The Hall–Kier alpha value is -3.83. The number of oxazole rings is 1. The van der Waals surface area contributed by atoms with E-state index in [-0.39, 0.29) is 53.3 Å². The fourth-order valence-corrected chi connectivity index (χ4v) is 4.94. The van der Waals surface area contributed by atoms with Crippen molar-refractivity contribution in [3.63, 3.8) is 0 Å². The summed E-state index contributed by atoms with van der Waals surface area (Å²) >= 11 is 0. The predicted molar refractivity (Wildman–Crippen MR) is 133 cm³/mol. The maximum absolute atomic E-state index is 14.8. The Balaban J connectivity index is 1.45. The third-order valence-corrected chi connectivity index (χ3v) is 6.95. The van der Waals surface area contributed by atoms with Gasteiger partial charge in [-0.05, 0) is 43.0 Å². The number of nitrogens with two attached hydrogens (primary N) is 1. The summed E-state index contributed by atoms with van der Waals surface area (Å²) < 4.78 is 42.0. The monoisotopic (exact) mass is 509 g/mol. The molecule has 0 spiro atoms. The molecule has 6 rings (SSSR count). The van der Waals surface area contributed by atoms with Gasteiger partial charge in [-0.15, -0.1) is 0 Å². The van der Waals surface area contributed by atoms with Crippen molar-refractivity contribution in [3.8, 4) is 11.1 Å². The number of ether oxygens (including phenoxy) is 1. The number of aromatic nitrogens is 2. The first kappa shape index (κ1) is 23.6. The number of fused-ring (bicyclic) bond motifs is 3. The summed E-state index contributed by atoms with van der Waals surface area (Å²) in [5.41, 5.74) is 7.09. The Morgan fingerprint density at radius 3 is 2.78 bits per heavy atom. The molecule has 2 aromatic carbocycles. The van der Waals surface area contributed by atoms with Crippen molar-refractivity contribution in [1.29, 1.82) is 0 Å². The van der Waals surface area contributed by atoms with Gasteiger partial charge in [-0.1, -0.05) is 6.07 Å². The lowest BCUT2D eigenvalue weighted by Crippen LogP contribution is -2.51. The summed E-state index contributed by atoms with van der Waals surface area (Å²) in [5.74, 6) is -1.43. The van der Waals surface area contributed by atoms with Crippen LogP contribution < -0.4 is 21.9 Å². The molecule has 2 aromatic heterocycles. The van der Waals surface area contributed by atoms with E-state index in [2.05, 4.69) is 15.6 Å². The number of benzene rings is 2. The van der Waals surface area contributed by atoms with Gasteiger partial charge in [0.2, 0.25) is 11.8 Å². The Morgan fingerprint density at radius 2 is 2.05 bits per heavy atom. The second-order valence-electron chi connectivity index (χ2n) is 9.48. The molecular weight excluding hydrogens is 484 g/mol. The van der Waals surface area contributed by atoms with Gasteiger partial charge < -0.3 is 30.1 Å². The molecule has 2 fully saturated rings. The van der Waals surface area contributed by atoms with Crippen LogP contribution >= 0.6 is 0 Å². The van der Waals surface area contributed by atoms with Gasteiger partial charge in [-0.25, -0.2) is 13.8 Å². The molecular formula is C26H25F2N5O4. The minimum Gasteiger partial charge on any atom is -0.438 e. The highest BCUT2D eigenvalue weighted by Gasteiger charge is 2.31. The quantitative estimate of drug-likeness (QED) is 0.354. The summed E-state index contributed by atoms with van der Waals surface area (Å²) in [6.45, 7) is 3.18. The molecule has 2 aliphatic rings. The van der Waals surface area contributed by atoms with Crippen LogP contribution in [0.1, 0.15) is 30.3 Å². The highest BCUT2D eigenvalue weighted by molar-refractivity contribution is 6.04. The smallest absolute Gasteiger partial charge is 0.281 e. The first-order valence-electron chi connectivity index (χ1n) is 12.1. The lowest BCUT2D eigenvalue weighted by molar-refractivity contribution is -0.126. The maximum Gasteiger partial charge on any atom is 0.281 e. The third-order valence-electron chi connectivity index (χ3n) is 6.95. The number of aryl methyl sites for hydroxylation is 1. The average molecular weight is 510 g/mol. The topological polar surface area (TPSA) is 124 Å². The summed E-state index contributed by atoms with van der Waals surface area (Å²) in [5, 5.41) is 6.48. The zero-order chi connectivity index (χ0) is 25.8. The first-order chi connectivity index (χ1) is 17.8. The minimum absolute atomic E-state index is 0.00302. The Morgan fingerprint density at radius 1 is 1.24 bits per heavy atom. The van der Waals surface area contributed by atoms with Gasteiger partial charge in [-0.2, -0.15) is 0 Å². The number of hydrogen-bond acceptors (Lipinski definition) is 7. The van der Waals surface area contributed by atoms with Crippen LogP contribution in [0.2, 0.25) is 0 Å². The van der Waals surface area contributed by atoms with Crippen molar-refractivity contribution < 1.29 is 22.7 Å². The van der Waals surface area contributed by atoms with Crippen LogP contribution in [-0.2, 0) is 16.1 Å². The SMILES string of the molecule is Cc1c(-c2cc(F)c(N)cc2F)ccc2c3oc(CNC(=O)[C@H]4COCCN4)nc3c(=O)n(C3CC3)c12. The van der Waals surface area contributed by atoms with Crippen LogP contribution in [0.5, 0.6) is 0 Å². The number of nitrogen functional groups attached to an aromatic ring is 1. The van der Waals surface area contributed by atoms with E-state index in [1.54, 1.807) is 23.6 Å². The maximum atomic E-state index is 14.8. The first-order valence-corrected chi connectivity index (χ1v) is 12.1. The van der Waals surface area contributed by atoms with E-state index in [0.29, 0.717) is 40.8 Å². The third kappa shape index (κ3) is 4.04. The van der Waals surface area contributed by atoms with Gasteiger partial charge in [0.05, 0.1) is 31.0 Å². The van der Waals surface area contributed by atoms with Gasteiger partial charge in [-0.3, -0.25) is 9.59 Å². The molecule has 4 aromatic rings. The van der Waals surface area contributed by atoms with E-state index in [1.165, 1.54) is 0 Å². The molecule has 3 heterocycles. The molecule has 11 heteroatoms. The number of carbonyl (C=O) groups excluding carboxylic acids is 1. The van der Waals surface area contributed by atoms with Crippen LogP contribution in [0.25, 0.3) is 33.1 Å². The van der Waals surface area contributed by atoms with E-state index in [0.717, 1.165) is 25.0 Å². The molecule has 192 valence electrons. The molecule has 0 bridgehead atoms. The fraction of sp³-hybridized carbons (Fsp3) is 0.346. The van der Waals surface area contributed by atoms with E-state index in [4.69, 9.17) is 14.9 Å². The predicted octanol–water partition coefficient (Wildman–Crippen LogP) is 2.92. The number of carbonyl (C=O) groups is 1. The summed E-state index contributed by atoms with van der Waals surface area (Å²) in [4.78, 5) is 30.4. The van der Waals surface area contributed by atoms with E-state index >= 15 is 0 Å². The molecule has 1 aliphatic heterocycles. The van der Waals surface area contributed by atoms with Crippen LogP contribution in [0.15, 0.2) is 33.5 Å². The molecule has 4 N–H and O–H groups in total. The van der Waals surface area contributed by atoms with Gasteiger partial charge >= 0.3 is 0 Å². The van der Waals surface area contributed by atoms with Crippen molar-refractivity contribution in [3.05, 3.63) is 57.7 Å². The number of hydrogen-bond donors (Lipinski definition) is 3. The van der Waals surface area contributed by atoms with Gasteiger partial charge in [0, 0.05) is 29.6 Å². The number of nitrogens with zero attached hydrogens (tertiary/aromatic N) is 2. The van der Waals surface area contributed by atoms with Crippen LogP contribution in [-0.4, -0.2) is 41.3 Å². The minimum atomic E-state index is -0.720. The molecule has 9 nitrogen and oxygen atoms in total. The lowest BCUT2D eigenvalue weighted by Gasteiger charge is -2.22. The highest BCUT2D eigenvalue weighted by atomic mass is 19.1. The molecule has 0 unspecified atom stereocenters. The lowest BCUT2D eigenvalue weighted by atomic mass is 9.96. The number of morpholine rings is 1. The van der Waals surface area contributed by atoms with E-state index in [9.17, 15) is 18.4 Å². The van der Waals surface area contributed by atoms with Crippen molar-refractivity contribution in [2.24, 2.45) is 0 Å². The van der Waals surface area contributed by atoms with Gasteiger partial charge in [0.1, 0.15) is 17.7 Å². The molecule has 1 saturated heterocycles. The molecule has 1 aliphatic carbocycles. The second-order valence-corrected chi connectivity index (χ2v) is 9.48. The van der Waals surface area contributed by atoms with Crippen molar-refractivity contribution in [2.45, 2.75) is 38.4 Å². The largest absolute Gasteiger partial charge is 0.438 e. The zero-order valence-electron chi connectivity index (χ0n) is 20.1. The summed E-state index contributed by atoms with van der Waals surface area (Å²) in [6.07, 6.45) is 1.65. The van der Waals surface area contributed by atoms with Crippen LogP contribution in [0.4, 0.5) is 14.5 Å². The number of nitrogens with one attached hydrogen (secondary N) is 2. The van der Waals surface area contributed by atoms with Crippen LogP contribution in [0, 0.1) is 18.6 Å². The standard InChI is InChI=1S/C26H25F2N5O4/c1-12-14(16-8-18(28)19(29)9-17(16)27)4-5-15-23(12)33(13-2-3-13)26(35)22-24(15)37-21(32-22)10-31-25(34)20-11-36-7-6-30-20/h4-5,8-9,13,20,30H,2-3,6-7,10-11,29H2,1H3,(H,31,34)/t20-/m1/s1. The normalized spacial score (nSPS) is 18.0. The number of anilines is 1.